The van der Waals surface area contributed by atoms with Crippen LogP contribution in [0.3, 0.4) is 0 Å². The summed E-state index contributed by atoms with van der Waals surface area (Å²) >= 11 is 5.87. The predicted octanol–water partition coefficient (Wildman–Crippen LogP) is 3.98. The molecule has 1 aliphatic carbocycles. The highest BCUT2D eigenvalue weighted by Crippen LogP contribution is 2.36. The van der Waals surface area contributed by atoms with Gasteiger partial charge in [0.2, 0.25) is 9.84 Å². The highest BCUT2D eigenvalue weighted by Gasteiger charge is 2.28. The number of halogens is 1. The lowest BCUT2D eigenvalue weighted by atomic mass is 9.96. The van der Waals surface area contributed by atoms with Crippen molar-refractivity contribution in [2.45, 2.75) is 35.5 Å². The number of nitrogens with zero attached hydrogens (tertiary/aromatic N) is 2. The number of hydrogen-bond acceptors (Lipinski definition) is 5. The topological polar surface area (TPSA) is 102 Å². The van der Waals surface area contributed by atoms with Crippen LogP contribution in [0.15, 0.2) is 46.5 Å². The minimum absolute atomic E-state index is 0.0186. The lowest BCUT2D eigenvalue weighted by Crippen LogP contribution is -2.05. The molecular formula is C18H17ClN4O2S. The molecule has 0 saturated heterocycles. The van der Waals surface area contributed by atoms with Gasteiger partial charge in [-0.3, -0.25) is 0 Å². The number of nitrogens with two attached hydrogens (primary N) is 1. The van der Waals surface area contributed by atoms with Gasteiger partial charge in [-0.05, 0) is 55.5 Å². The summed E-state index contributed by atoms with van der Waals surface area (Å²) in [4.78, 5) is 11.7. The molecule has 0 bridgehead atoms. The number of nitrogens with one attached hydrogen (secondary N) is 1. The van der Waals surface area contributed by atoms with Gasteiger partial charge < -0.3 is 10.7 Å². The SMILES string of the molecule is Nc1[nH]c2c(C3=CCCCC3)ncnc2c1S(=O)(=O)c1ccc(Cl)cc1. The predicted molar refractivity (Wildman–Crippen MR) is 102 cm³/mol. The fraction of sp³-hybridized carbons (Fsp3) is 0.222. The molecule has 1 aromatic carbocycles. The number of aromatic nitrogens is 3. The number of allylic oxidation sites excluding steroid dienone is 2. The Bertz CT molecular complexity index is 1120. The van der Waals surface area contributed by atoms with Crippen molar-refractivity contribution in [3.05, 3.63) is 47.4 Å². The van der Waals surface area contributed by atoms with Gasteiger partial charge in [-0.15, -0.1) is 0 Å². The standard InChI is InChI=1S/C18H17ClN4O2S/c19-12-6-8-13(9-7-12)26(24,25)17-16-15(23-18(17)20)14(21-10-22-16)11-4-2-1-3-5-11/h4,6-10,23H,1-3,5,20H2. The molecule has 1 aliphatic rings. The smallest absolute Gasteiger partial charge is 0.212 e. The summed E-state index contributed by atoms with van der Waals surface area (Å²) in [6.07, 6.45) is 7.68. The molecule has 0 aliphatic heterocycles. The van der Waals surface area contributed by atoms with Crippen LogP contribution in [-0.2, 0) is 9.84 Å². The Kier molecular flexibility index (Phi) is 4.20. The fourth-order valence-corrected chi connectivity index (χ4v) is 4.90. The lowest BCUT2D eigenvalue weighted by Gasteiger charge is -2.12. The molecule has 134 valence electrons. The molecule has 0 amide bonds. The Balaban J connectivity index is 1.93. The molecule has 2 heterocycles. The highest BCUT2D eigenvalue weighted by molar-refractivity contribution is 7.92. The van der Waals surface area contributed by atoms with E-state index in [9.17, 15) is 8.42 Å². The van der Waals surface area contributed by atoms with Gasteiger partial charge >= 0.3 is 0 Å². The van der Waals surface area contributed by atoms with Gasteiger partial charge in [0, 0.05) is 5.02 Å². The maximum Gasteiger partial charge on any atom is 0.212 e. The zero-order valence-electron chi connectivity index (χ0n) is 13.9. The fourth-order valence-electron chi connectivity index (χ4n) is 3.30. The Hall–Kier alpha value is -2.38. The number of benzene rings is 1. The van der Waals surface area contributed by atoms with Crippen LogP contribution in [0.5, 0.6) is 0 Å². The average Bonchev–Trinajstić information content (AvgIpc) is 2.99. The molecular weight excluding hydrogens is 372 g/mol. The third-order valence-corrected chi connectivity index (χ3v) is 6.65. The van der Waals surface area contributed by atoms with Crippen molar-refractivity contribution in [2.75, 3.05) is 5.73 Å². The van der Waals surface area contributed by atoms with E-state index >= 15 is 0 Å². The number of nitrogen functional groups attached to an aromatic ring is 1. The molecule has 0 atom stereocenters. The van der Waals surface area contributed by atoms with Crippen LogP contribution in [0, 0.1) is 0 Å². The Morgan fingerprint density at radius 2 is 1.88 bits per heavy atom. The van der Waals surface area contributed by atoms with Crippen molar-refractivity contribution >= 4 is 43.9 Å². The molecule has 3 aromatic rings. The summed E-state index contributed by atoms with van der Waals surface area (Å²) in [7, 11) is -3.84. The first-order valence-electron chi connectivity index (χ1n) is 8.30. The molecule has 0 fully saturated rings. The van der Waals surface area contributed by atoms with Gasteiger partial charge in [0.1, 0.15) is 22.6 Å². The van der Waals surface area contributed by atoms with Crippen molar-refractivity contribution in [2.24, 2.45) is 0 Å². The molecule has 2 aromatic heterocycles. The number of anilines is 1. The van der Waals surface area contributed by atoms with Crippen molar-refractivity contribution in [1.82, 2.24) is 15.0 Å². The maximum atomic E-state index is 13.1. The largest absolute Gasteiger partial charge is 0.384 e. The Morgan fingerprint density at radius 1 is 1.12 bits per heavy atom. The van der Waals surface area contributed by atoms with E-state index in [4.69, 9.17) is 17.3 Å². The molecule has 0 unspecified atom stereocenters. The van der Waals surface area contributed by atoms with Crippen LogP contribution < -0.4 is 5.73 Å². The van der Waals surface area contributed by atoms with Gasteiger partial charge in [-0.2, -0.15) is 0 Å². The van der Waals surface area contributed by atoms with Crippen LogP contribution in [0.4, 0.5) is 5.82 Å². The second-order valence-electron chi connectivity index (χ2n) is 6.25. The van der Waals surface area contributed by atoms with Gasteiger partial charge in [0.25, 0.3) is 0 Å². The van der Waals surface area contributed by atoms with E-state index in [1.165, 1.54) is 30.6 Å². The quantitative estimate of drug-likeness (QED) is 0.706. The summed E-state index contributed by atoms with van der Waals surface area (Å²) in [5.74, 6) is 0.0631. The Labute approximate surface area is 156 Å². The lowest BCUT2D eigenvalue weighted by molar-refractivity contribution is 0.597. The number of aromatic amines is 1. The summed E-state index contributed by atoms with van der Waals surface area (Å²) in [6.45, 7) is 0. The first-order valence-corrected chi connectivity index (χ1v) is 10.2. The minimum Gasteiger partial charge on any atom is -0.384 e. The molecule has 0 radical (unpaired) electrons. The second-order valence-corrected chi connectivity index (χ2v) is 8.57. The summed E-state index contributed by atoms with van der Waals surface area (Å²) < 4.78 is 26.2. The normalized spacial score (nSPS) is 15.2. The molecule has 26 heavy (non-hydrogen) atoms. The second kappa shape index (κ2) is 6.41. The number of hydrogen-bond donors (Lipinski definition) is 2. The molecule has 0 spiro atoms. The molecule has 4 rings (SSSR count). The number of H-pyrrole nitrogens is 1. The van der Waals surface area contributed by atoms with E-state index < -0.39 is 9.84 Å². The van der Waals surface area contributed by atoms with Gasteiger partial charge in [-0.25, -0.2) is 18.4 Å². The first-order chi connectivity index (χ1) is 12.5. The monoisotopic (exact) mass is 388 g/mol. The van der Waals surface area contributed by atoms with E-state index in [-0.39, 0.29) is 15.6 Å². The van der Waals surface area contributed by atoms with E-state index in [0.717, 1.165) is 37.0 Å². The van der Waals surface area contributed by atoms with E-state index in [1.54, 1.807) is 0 Å². The van der Waals surface area contributed by atoms with Crippen molar-refractivity contribution in [1.29, 1.82) is 0 Å². The van der Waals surface area contributed by atoms with E-state index in [1.807, 2.05) is 0 Å². The number of fused-ring (bicyclic) bond motifs is 1. The van der Waals surface area contributed by atoms with E-state index in [0.29, 0.717) is 16.1 Å². The Morgan fingerprint density at radius 3 is 2.58 bits per heavy atom. The van der Waals surface area contributed by atoms with Crippen LogP contribution in [-0.4, -0.2) is 23.4 Å². The number of rotatable bonds is 3. The molecule has 6 nitrogen and oxygen atoms in total. The summed E-state index contributed by atoms with van der Waals surface area (Å²) in [6, 6.07) is 5.99. The van der Waals surface area contributed by atoms with Crippen molar-refractivity contribution < 1.29 is 8.42 Å². The van der Waals surface area contributed by atoms with Crippen molar-refractivity contribution in [3.8, 4) is 0 Å². The van der Waals surface area contributed by atoms with Gasteiger partial charge in [0.15, 0.2) is 0 Å². The molecule has 0 saturated carbocycles. The van der Waals surface area contributed by atoms with Crippen LogP contribution in [0.25, 0.3) is 16.6 Å². The van der Waals surface area contributed by atoms with Crippen LogP contribution in [0.1, 0.15) is 31.4 Å². The van der Waals surface area contributed by atoms with Crippen LogP contribution in [0.2, 0.25) is 5.02 Å². The zero-order valence-corrected chi connectivity index (χ0v) is 15.4. The number of sulfone groups is 1. The van der Waals surface area contributed by atoms with Crippen LogP contribution >= 0.6 is 11.6 Å². The van der Waals surface area contributed by atoms with Crippen molar-refractivity contribution in [3.63, 3.8) is 0 Å². The molecule has 3 N–H and O–H groups in total. The van der Waals surface area contributed by atoms with Gasteiger partial charge in [-0.1, -0.05) is 17.7 Å². The van der Waals surface area contributed by atoms with E-state index in [2.05, 4.69) is 21.0 Å². The van der Waals surface area contributed by atoms with Gasteiger partial charge in [0.05, 0.1) is 16.1 Å². The average molecular weight is 389 g/mol. The summed E-state index contributed by atoms with van der Waals surface area (Å²) in [5, 5.41) is 0.463. The third kappa shape index (κ3) is 2.77. The molecule has 8 heteroatoms. The minimum atomic E-state index is -3.84. The maximum absolute atomic E-state index is 13.1. The first kappa shape index (κ1) is 17.1. The third-order valence-electron chi connectivity index (χ3n) is 4.55. The zero-order chi connectivity index (χ0) is 18.3. The highest BCUT2D eigenvalue weighted by atomic mass is 35.5. The summed E-state index contributed by atoms with van der Waals surface area (Å²) in [5.41, 5.74) is 8.75.